The average molecular weight is 246 g/mol. The number of nitrogens with zero attached hydrogens (tertiary/aromatic N) is 3. The van der Waals surface area contributed by atoms with E-state index in [0.717, 1.165) is 0 Å². The number of aromatic nitrogens is 2. The Balaban J connectivity index is 2.39. The largest absolute Gasteiger partial charge is 0.430 e. The van der Waals surface area contributed by atoms with E-state index < -0.39 is 4.92 Å². The second-order valence-electron chi connectivity index (χ2n) is 3.56. The number of benzene rings is 1. The summed E-state index contributed by atoms with van der Waals surface area (Å²) in [5.74, 6) is 0.560. The van der Waals surface area contributed by atoms with E-state index in [2.05, 4.69) is 9.97 Å². The Kier molecular flexibility index (Phi) is 3.05. The zero-order valence-corrected chi connectivity index (χ0v) is 9.53. The van der Waals surface area contributed by atoms with Gasteiger partial charge in [-0.25, -0.2) is 9.97 Å². The van der Waals surface area contributed by atoms with Crippen molar-refractivity contribution in [2.45, 2.75) is 6.92 Å². The highest BCUT2D eigenvalue weighted by Crippen LogP contribution is 2.33. The number of ether oxygens (including phenoxy) is 1. The predicted molar refractivity (Wildman–Crippen MR) is 64.4 cm³/mol. The van der Waals surface area contributed by atoms with Crippen LogP contribution in [0.5, 0.6) is 11.6 Å². The predicted octanol–water partition coefficient (Wildman–Crippen LogP) is 2.07. The van der Waals surface area contributed by atoms with Crippen LogP contribution in [0, 0.1) is 17.0 Å². The van der Waals surface area contributed by atoms with Crippen LogP contribution in [0.25, 0.3) is 0 Å². The van der Waals surface area contributed by atoms with Crippen LogP contribution in [0.1, 0.15) is 5.56 Å². The minimum atomic E-state index is -0.507. The summed E-state index contributed by atoms with van der Waals surface area (Å²) in [5, 5.41) is 10.9. The Morgan fingerprint density at radius 2 is 2.11 bits per heavy atom. The molecule has 0 fully saturated rings. The number of aryl methyl sites for hydroxylation is 1. The minimum Gasteiger partial charge on any atom is -0.430 e. The van der Waals surface area contributed by atoms with E-state index in [0.29, 0.717) is 5.56 Å². The van der Waals surface area contributed by atoms with Gasteiger partial charge in [-0.2, -0.15) is 0 Å². The number of nitro benzene ring substituents is 1. The Morgan fingerprint density at radius 1 is 1.33 bits per heavy atom. The Labute approximate surface area is 102 Å². The maximum Gasteiger partial charge on any atom is 0.311 e. The fraction of sp³-hybridized carbons (Fsp3) is 0.0909. The van der Waals surface area contributed by atoms with Crippen molar-refractivity contribution < 1.29 is 9.66 Å². The van der Waals surface area contributed by atoms with Gasteiger partial charge in [-0.05, 0) is 12.5 Å². The highest BCUT2D eigenvalue weighted by Gasteiger charge is 2.18. The Hall–Kier alpha value is -2.70. The average Bonchev–Trinajstić information content (AvgIpc) is 2.34. The van der Waals surface area contributed by atoms with Gasteiger partial charge in [-0.1, -0.05) is 12.1 Å². The first-order valence-corrected chi connectivity index (χ1v) is 5.07. The number of nitro groups is 1. The van der Waals surface area contributed by atoms with E-state index in [1.54, 1.807) is 19.1 Å². The summed E-state index contributed by atoms with van der Waals surface area (Å²) < 4.78 is 5.39. The summed E-state index contributed by atoms with van der Waals surface area (Å²) in [7, 11) is 0. The molecule has 0 unspecified atom stereocenters. The molecule has 0 bridgehead atoms. The third kappa shape index (κ3) is 2.34. The monoisotopic (exact) mass is 246 g/mol. The number of anilines is 1. The molecule has 0 radical (unpaired) electrons. The molecule has 0 aliphatic carbocycles. The van der Waals surface area contributed by atoms with E-state index in [1.165, 1.54) is 18.5 Å². The second-order valence-corrected chi connectivity index (χ2v) is 3.56. The van der Waals surface area contributed by atoms with Crippen LogP contribution in [0.3, 0.4) is 0 Å². The maximum absolute atomic E-state index is 10.9. The van der Waals surface area contributed by atoms with Gasteiger partial charge in [0.25, 0.3) is 0 Å². The quantitative estimate of drug-likeness (QED) is 0.656. The first kappa shape index (κ1) is 11.8. The molecule has 0 aliphatic rings. The second kappa shape index (κ2) is 4.66. The van der Waals surface area contributed by atoms with Crippen molar-refractivity contribution in [2.24, 2.45) is 0 Å². The lowest BCUT2D eigenvalue weighted by Crippen LogP contribution is -1.98. The molecule has 0 aliphatic heterocycles. The summed E-state index contributed by atoms with van der Waals surface area (Å²) in [6, 6.07) is 4.68. The van der Waals surface area contributed by atoms with Crippen molar-refractivity contribution >= 4 is 11.5 Å². The van der Waals surface area contributed by atoms with Crippen molar-refractivity contribution in [2.75, 3.05) is 5.73 Å². The zero-order chi connectivity index (χ0) is 13.1. The molecular weight excluding hydrogens is 236 g/mol. The van der Waals surface area contributed by atoms with Gasteiger partial charge in [0.05, 0.1) is 17.3 Å². The highest BCUT2D eigenvalue weighted by atomic mass is 16.6. The van der Waals surface area contributed by atoms with Gasteiger partial charge in [-0.3, -0.25) is 10.1 Å². The van der Waals surface area contributed by atoms with Crippen LogP contribution < -0.4 is 10.5 Å². The summed E-state index contributed by atoms with van der Waals surface area (Å²) in [5.41, 5.74) is 5.92. The zero-order valence-electron chi connectivity index (χ0n) is 9.53. The first-order valence-electron chi connectivity index (χ1n) is 5.07. The van der Waals surface area contributed by atoms with Crippen LogP contribution in [-0.4, -0.2) is 14.9 Å². The van der Waals surface area contributed by atoms with Crippen molar-refractivity contribution in [1.82, 2.24) is 9.97 Å². The van der Waals surface area contributed by atoms with Crippen LogP contribution in [-0.2, 0) is 0 Å². The van der Waals surface area contributed by atoms with E-state index in [4.69, 9.17) is 10.5 Å². The van der Waals surface area contributed by atoms with Crippen LogP contribution in [0.4, 0.5) is 11.5 Å². The number of nitrogen functional groups attached to an aromatic ring is 1. The molecule has 1 aromatic heterocycles. The third-order valence-corrected chi connectivity index (χ3v) is 2.24. The van der Waals surface area contributed by atoms with E-state index >= 15 is 0 Å². The molecule has 1 heterocycles. The summed E-state index contributed by atoms with van der Waals surface area (Å²) in [4.78, 5) is 18.1. The molecule has 0 atom stereocenters. The van der Waals surface area contributed by atoms with Gasteiger partial charge in [0.1, 0.15) is 5.82 Å². The maximum atomic E-state index is 10.9. The molecule has 7 heteroatoms. The molecule has 2 N–H and O–H groups in total. The third-order valence-electron chi connectivity index (χ3n) is 2.24. The van der Waals surface area contributed by atoms with Crippen molar-refractivity contribution in [3.05, 3.63) is 46.3 Å². The molecular formula is C11H10N4O3. The highest BCUT2D eigenvalue weighted by molar-refractivity contribution is 5.52. The lowest BCUT2D eigenvalue weighted by Gasteiger charge is -2.07. The van der Waals surface area contributed by atoms with Crippen molar-refractivity contribution in [1.29, 1.82) is 0 Å². The Morgan fingerprint density at radius 3 is 2.72 bits per heavy atom. The Bertz CT molecular complexity index is 583. The lowest BCUT2D eigenvalue weighted by molar-refractivity contribution is -0.385. The van der Waals surface area contributed by atoms with E-state index in [-0.39, 0.29) is 23.1 Å². The standard InChI is InChI=1S/C11H10N4O3/c1-7-3-2-4-8(15(16)17)11(7)18-10-6-13-9(12)5-14-10/h2-6H,1H3,(H2,12,13). The van der Waals surface area contributed by atoms with E-state index in [1.807, 2.05) is 0 Å². The van der Waals surface area contributed by atoms with Gasteiger partial charge in [0.2, 0.25) is 11.6 Å². The fourth-order valence-corrected chi connectivity index (χ4v) is 1.40. The molecule has 1 aromatic carbocycles. The number of nitrogens with two attached hydrogens (primary N) is 1. The van der Waals surface area contributed by atoms with Crippen LogP contribution in [0.2, 0.25) is 0 Å². The number of para-hydroxylation sites is 1. The van der Waals surface area contributed by atoms with Gasteiger partial charge in [0, 0.05) is 6.07 Å². The molecule has 2 aromatic rings. The smallest absolute Gasteiger partial charge is 0.311 e. The SMILES string of the molecule is Cc1cccc([N+](=O)[O-])c1Oc1cnc(N)cn1. The summed E-state index contributed by atoms with van der Waals surface area (Å²) in [6.07, 6.45) is 2.63. The van der Waals surface area contributed by atoms with E-state index in [9.17, 15) is 10.1 Å². The molecule has 0 spiro atoms. The molecule has 0 saturated carbocycles. The summed E-state index contributed by atoms with van der Waals surface area (Å²) >= 11 is 0. The van der Waals surface area contributed by atoms with Crippen LogP contribution in [0.15, 0.2) is 30.6 Å². The topological polar surface area (TPSA) is 104 Å². The molecule has 7 nitrogen and oxygen atoms in total. The van der Waals surface area contributed by atoms with Crippen molar-refractivity contribution in [3.8, 4) is 11.6 Å². The minimum absolute atomic E-state index is 0.117. The molecule has 0 amide bonds. The van der Waals surface area contributed by atoms with Gasteiger partial charge < -0.3 is 10.5 Å². The molecule has 0 saturated heterocycles. The summed E-state index contributed by atoms with van der Waals surface area (Å²) in [6.45, 7) is 1.72. The number of hydrogen-bond donors (Lipinski definition) is 1. The van der Waals surface area contributed by atoms with Gasteiger partial charge in [-0.15, -0.1) is 0 Å². The van der Waals surface area contributed by atoms with Crippen LogP contribution >= 0.6 is 0 Å². The van der Waals surface area contributed by atoms with Gasteiger partial charge >= 0.3 is 5.69 Å². The number of rotatable bonds is 3. The fourth-order valence-electron chi connectivity index (χ4n) is 1.40. The molecule has 2 rings (SSSR count). The molecule has 18 heavy (non-hydrogen) atoms. The van der Waals surface area contributed by atoms with Gasteiger partial charge in [0.15, 0.2) is 0 Å². The molecule has 92 valence electrons. The number of hydrogen-bond acceptors (Lipinski definition) is 6. The lowest BCUT2D eigenvalue weighted by atomic mass is 10.2. The normalized spacial score (nSPS) is 10.1. The van der Waals surface area contributed by atoms with Crippen molar-refractivity contribution in [3.63, 3.8) is 0 Å². The first-order chi connectivity index (χ1) is 8.58.